The molecule has 1 aliphatic heterocycles. The Morgan fingerprint density at radius 3 is 3.03 bits per heavy atom. The maximum Gasteiger partial charge on any atom is 0.407 e. The average molecular weight is 484 g/mol. The van der Waals surface area contributed by atoms with Gasteiger partial charge in [-0.2, -0.15) is 5.10 Å². The molecule has 2 aliphatic rings. The summed E-state index contributed by atoms with van der Waals surface area (Å²) in [5, 5.41) is 18.3. The largest absolute Gasteiger partial charge is 0.475 e. The van der Waals surface area contributed by atoms with Crippen molar-refractivity contribution in [2.45, 2.75) is 57.6 Å². The molecule has 11 nitrogen and oxygen atoms in total. The number of H-pyrrole nitrogens is 1. The van der Waals surface area contributed by atoms with Crippen LogP contribution in [0.3, 0.4) is 0 Å². The molecule has 3 aromatic rings. The molecule has 1 saturated heterocycles. The normalized spacial score (nSPS) is 22.1. The second kappa shape index (κ2) is 10.1. The van der Waals surface area contributed by atoms with Crippen molar-refractivity contribution >= 4 is 28.6 Å². The highest BCUT2D eigenvalue weighted by molar-refractivity contribution is 5.92. The van der Waals surface area contributed by atoms with Gasteiger partial charge in [-0.05, 0) is 45.6 Å². The Labute approximate surface area is 203 Å². The van der Waals surface area contributed by atoms with Gasteiger partial charge in [0.1, 0.15) is 11.6 Å². The highest BCUT2D eigenvalue weighted by Crippen LogP contribution is 2.37. The van der Waals surface area contributed by atoms with Crippen LogP contribution in [0.2, 0.25) is 0 Å². The van der Waals surface area contributed by atoms with Gasteiger partial charge in [0.2, 0.25) is 0 Å². The van der Waals surface area contributed by atoms with Gasteiger partial charge in [0, 0.05) is 49.5 Å². The number of aromatic amines is 1. The number of amides is 1. The van der Waals surface area contributed by atoms with Gasteiger partial charge >= 0.3 is 6.09 Å². The molecule has 0 aromatic carbocycles. The molecule has 1 saturated carbocycles. The average Bonchev–Trinajstić information content (AvgIpc) is 3.60. The number of aromatic nitrogens is 5. The second-order valence-electron chi connectivity index (χ2n) is 9.69. The van der Waals surface area contributed by atoms with Crippen LogP contribution in [-0.4, -0.2) is 63.0 Å². The molecule has 0 bridgehead atoms. The van der Waals surface area contributed by atoms with E-state index in [1.807, 2.05) is 33.0 Å². The predicted molar refractivity (Wildman–Crippen MR) is 130 cm³/mol. The number of aryl methyl sites for hydroxylation is 1. The van der Waals surface area contributed by atoms with E-state index in [9.17, 15) is 4.79 Å². The minimum Gasteiger partial charge on any atom is -0.475 e. The Bertz CT molecular complexity index is 1170. The third-order valence-electron chi connectivity index (χ3n) is 6.54. The fraction of sp³-hybridized carbons (Fsp3) is 0.583. The summed E-state index contributed by atoms with van der Waals surface area (Å²) >= 11 is 0. The number of alkyl carbamates (subject to hydrolysis) is 1. The Balaban J connectivity index is 1.24. The number of hydrogen-bond acceptors (Lipinski definition) is 8. The maximum absolute atomic E-state index is 11.9. The molecule has 3 unspecified atom stereocenters. The number of rotatable bonds is 8. The molecule has 4 heterocycles. The second-order valence-corrected chi connectivity index (χ2v) is 9.69. The van der Waals surface area contributed by atoms with E-state index in [1.165, 1.54) is 0 Å². The van der Waals surface area contributed by atoms with E-state index in [4.69, 9.17) is 14.2 Å². The molecule has 0 spiro atoms. The number of pyridine rings is 1. The number of carbonyl (C=O) groups is 1. The summed E-state index contributed by atoms with van der Waals surface area (Å²) < 4.78 is 18.8. The van der Waals surface area contributed by atoms with Crippen LogP contribution < -0.4 is 15.4 Å². The summed E-state index contributed by atoms with van der Waals surface area (Å²) in [7, 11) is 1.88. The third kappa shape index (κ3) is 5.34. The van der Waals surface area contributed by atoms with Crippen molar-refractivity contribution in [1.29, 1.82) is 0 Å². The van der Waals surface area contributed by atoms with E-state index in [-0.39, 0.29) is 24.2 Å². The first-order valence-electron chi connectivity index (χ1n) is 12.3. The van der Waals surface area contributed by atoms with Crippen molar-refractivity contribution in [2.24, 2.45) is 13.0 Å². The zero-order valence-corrected chi connectivity index (χ0v) is 20.4. The number of carbonyl (C=O) groups excluding carboxylic acids is 1. The Morgan fingerprint density at radius 2 is 2.23 bits per heavy atom. The molecule has 3 aromatic heterocycles. The summed E-state index contributed by atoms with van der Waals surface area (Å²) in [6.07, 6.45) is 4.87. The van der Waals surface area contributed by atoms with Crippen molar-refractivity contribution < 1.29 is 19.0 Å². The first-order valence-corrected chi connectivity index (χ1v) is 12.3. The van der Waals surface area contributed by atoms with E-state index < -0.39 is 0 Å². The molecule has 0 radical (unpaired) electrons. The zero-order chi connectivity index (χ0) is 24.4. The zero-order valence-electron chi connectivity index (χ0n) is 20.4. The summed E-state index contributed by atoms with van der Waals surface area (Å²) in [5.74, 6) is 1.89. The van der Waals surface area contributed by atoms with Crippen molar-refractivity contribution in [3.8, 4) is 5.88 Å². The van der Waals surface area contributed by atoms with E-state index in [1.54, 1.807) is 10.9 Å². The monoisotopic (exact) mass is 483 g/mol. The lowest BCUT2D eigenvalue weighted by Gasteiger charge is -2.14. The fourth-order valence-corrected chi connectivity index (χ4v) is 4.78. The topological polar surface area (TPSA) is 128 Å². The van der Waals surface area contributed by atoms with Gasteiger partial charge in [-0.15, -0.1) is 5.10 Å². The highest BCUT2D eigenvalue weighted by atomic mass is 16.6. The summed E-state index contributed by atoms with van der Waals surface area (Å²) in [5.41, 5.74) is 3.43. The Hall–Kier alpha value is -3.34. The number of ether oxygens (including phenoxy) is 3. The highest BCUT2D eigenvalue weighted by Gasteiger charge is 2.30. The van der Waals surface area contributed by atoms with Crippen molar-refractivity contribution in [2.75, 3.05) is 25.1 Å². The molecule has 11 heteroatoms. The summed E-state index contributed by atoms with van der Waals surface area (Å²) in [4.78, 5) is 16.4. The summed E-state index contributed by atoms with van der Waals surface area (Å²) in [6.45, 7) is 5.92. The van der Waals surface area contributed by atoms with E-state index >= 15 is 0 Å². The van der Waals surface area contributed by atoms with Crippen molar-refractivity contribution in [1.82, 2.24) is 30.3 Å². The minimum absolute atomic E-state index is 0.0598. The van der Waals surface area contributed by atoms with Crippen LogP contribution in [0.25, 0.3) is 11.0 Å². The first kappa shape index (κ1) is 23.4. The van der Waals surface area contributed by atoms with Crippen LogP contribution >= 0.6 is 0 Å². The molecule has 5 rings (SSSR count). The number of fused-ring (bicyclic) bond motifs is 1. The molecule has 188 valence electrons. The van der Waals surface area contributed by atoms with E-state index in [0.29, 0.717) is 29.7 Å². The quantitative estimate of drug-likeness (QED) is 0.443. The van der Waals surface area contributed by atoms with Crippen LogP contribution in [0.4, 0.5) is 16.3 Å². The summed E-state index contributed by atoms with van der Waals surface area (Å²) in [6, 6.07) is 3.98. The number of nitrogens with one attached hydrogen (secondary N) is 3. The molecule has 1 aliphatic carbocycles. The minimum atomic E-state index is -0.351. The molecular weight excluding hydrogens is 450 g/mol. The molecule has 2 fully saturated rings. The van der Waals surface area contributed by atoms with Crippen LogP contribution in [0.1, 0.15) is 51.1 Å². The van der Waals surface area contributed by atoms with Crippen LogP contribution in [-0.2, 0) is 16.5 Å². The van der Waals surface area contributed by atoms with Gasteiger partial charge in [0.05, 0.1) is 18.9 Å². The van der Waals surface area contributed by atoms with Crippen LogP contribution in [0.15, 0.2) is 18.3 Å². The van der Waals surface area contributed by atoms with Gasteiger partial charge in [0.25, 0.3) is 5.88 Å². The number of nitrogens with zero attached hydrogens (tertiary/aromatic N) is 4. The third-order valence-corrected chi connectivity index (χ3v) is 6.54. The van der Waals surface area contributed by atoms with Gasteiger partial charge in [-0.3, -0.25) is 9.78 Å². The maximum atomic E-state index is 11.9. The predicted octanol–water partition coefficient (Wildman–Crippen LogP) is 3.62. The molecular formula is C24H33N7O4. The molecule has 35 heavy (non-hydrogen) atoms. The van der Waals surface area contributed by atoms with E-state index in [0.717, 1.165) is 55.8 Å². The molecule has 1 amide bonds. The van der Waals surface area contributed by atoms with Gasteiger partial charge in [-0.25, -0.2) is 9.78 Å². The lowest BCUT2D eigenvalue weighted by atomic mass is 10.0. The Morgan fingerprint density at radius 1 is 1.34 bits per heavy atom. The first-order chi connectivity index (χ1) is 17.0. The standard InChI is InChI=1S/C24H33N7O4/c1-14(2)26-24(32)35-17-5-4-16(10-17)19-11-20(29-28-19)27-18-6-8-25-21-22(18)31(3)30-23(21)34-13-15-7-9-33-12-15/h6,8,11,14-17H,4-5,7,9-10,12-13H2,1-3H3,(H,26,32)(H2,25,27,28,29). The van der Waals surface area contributed by atoms with E-state index in [2.05, 4.69) is 30.9 Å². The fourth-order valence-electron chi connectivity index (χ4n) is 4.78. The lowest BCUT2D eigenvalue weighted by molar-refractivity contribution is 0.0981. The number of anilines is 2. The van der Waals surface area contributed by atoms with Gasteiger partial charge in [0.15, 0.2) is 11.3 Å². The van der Waals surface area contributed by atoms with Crippen LogP contribution in [0, 0.1) is 5.92 Å². The van der Waals surface area contributed by atoms with Gasteiger partial charge in [-0.1, -0.05) is 0 Å². The smallest absolute Gasteiger partial charge is 0.407 e. The lowest BCUT2D eigenvalue weighted by Crippen LogP contribution is -2.33. The van der Waals surface area contributed by atoms with Gasteiger partial charge < -0.3 is 24.8 Å². The molecule has 3 N–H and O–H groups in total. The molecule has 3 atom stereocenters. The number of hydrogen-bond donors (Lipinski definition) is 3. The van der Waals surface area contributed by atoms with Crippen LogP contribution in [0.5, 0.6) is 5.88 Å². The SMILES string of the molecule is CC(C)NC(=O)OC1CCC(c2cc(Nc3ccnc4c(OCC5CCOC5)nn(C)c34)n[nH]2)C1. The Kier molecular flexibility index (Phi) is 6.76. The van der Waals surface area contributed by atoms with Crippen molar-refractivity contribution in [3.05, 3.63) is 24.0 Å². The van der Waals surface area contributed by atoms with Crippen molar-refractivity contribution in [3.63, 3.8) is 0 Å².